The SMILES string of the molecule is CCN(CC)CCCN1C(=O)C(=O)C(=C(O)c2cnn(-c3ccccc3)c2C)C1c1cccc(OC)c1OC. The molecule has 0 radical (unpaired) electrons. The fourth-order valence-electron chi connectivity index (χ4n) is 5.18. The third kappa shape index (κ3) is 5.27. The number of methoxy groups -OCH3 is 2. The van der Waals surface area contributed by atoms with Crippen LogP contribution >= 0.6 is 0 Å². The molecule has 1 aliphatic heterocycles. The summed E-state index contributed by atoms with van der Waals surface area (Å²) in [4.78, 5) is 30.8. The first kappa shape index (κ1) is 27.9. The normalized spacial score (nSPS) is 16.8. The van der Waals surface area contributed by atoms with E-state index in [9.17, 15) is 14.7 Å². The second-order valence-electron chi connectivity index (χ2n) is 9.35. The Hall–Kier alpha value is -4.11. The van der Waals surface area contributed by atoms with Gasteiger partial charge in [0.1, 0.15) is 5.76 Å². The van der Waals surface area contributed by atoms with Crippen molar-refractivity contribution >= 4 is 17.4 Å². The second kappa shape index (κ2) is 12.2. The van der Waals surface area contributed by atoms with Crippen LogP contribution in [0.2, 0.25) is 0 Å². The lowest BCUT2D eigenvalue weighted by Gasteiger charge is -2.28. The van der Waals surface area contributed by atoms with Gasteiger partial charge in [-0.3, -0.25) is 9.59 Å². The van der Waals surface area contributed by atoms with Gasteiger partial charge in [0.15, 0.2) is 11.5 Å². The van der Waals surface area contributed by atoms with Crippen LogP contribution in [0.4, 0.5) is 0 Å². The molecule has 1 N–H and O–H groups in total. The Kier molecular flexibility index (Phi) is 8.71. The number of hydrogen-bond donors (Lipinski definition) is 1. The maximum absolute atomic E-state index is 13.5. The summed E-state index contributed by atoms with van der Waals surface area (Å²) >= 11 is 0. The second-order valence-corrected chi connectivity index (χ2v) is 9.35. The first-order valence-corrected chi connectivity index (χ1v) is 13.2. The fourth-order valence-corrected chi connectivity index (χ4v) is 5.18. The van der Waals surface area contributed by atoms with Crippen LogP contribution in [0.1, 0.15) is 43.1 Å². The van der Waals surface area contributed by atoms with Gasteiger partial charge in [0.25, 0.3) is 11.7 Å². The van der Waals surface area contributed by atoms with E-state index in [4.69, 9.17) is 9.47 Å². The lowest BCUT2D eigenvalue weighted by Crippen LogP contribution is -2.33. The van der Waals surface area contributed by atoms with Crippen LogP contribution in [0.5, 0.6) is 11.5 Å². The maximum atomic E-state index is 13.5. The molecule has 1 unspecified atom stereocenters. The van der Waals surface area contributed by atoms with Crippen LogP contribution in [0, 0.1) is 6.92 Å². The number of para-hydroxylation sites is 2. The quantitative estimate of drug-likeness (QED) is 0.223. The van der Waals surface area contributed by atoms with Crippen molar-refractivity contribution in [3.05, 3.63) is 77.1 Å². The molecule has 206 valence electrons. The van der Waals surface area contributed by atoms with Gasteiger partial charge in [-0.2, -0.15) is 5.10 Å². The predicted octanol–water partition coefficient (Wildman–Crippen LogP) is 4.35. The van der Waals surface area contributed by atoms with E-state index in [-0.39, 0.29) is 11.3 Å². The predicted molar refractivity (Wildman–Crippen MR) is 149 cm³/mol. The van der Waals surface area contributed by atoms with Gasteiger partial charge in [-0.25, -0.2) is 4.68 Å². The van der Waals surface area contributed by atoms with Crippen LogP contribution in [0.15, 0.2) is 60.3 Å². The molecule has 1 fully saturated rings. The standard InChI is InChI=1S/C30H36N4O5/c1-6-32(7-2)17-12-18-33-26(22-15-11-16-24(38-4)29(22)39-5)25(28(36)30(33)37)27(35)23-19-31-34(20(23)3)21-13-9-8-10-14-21/h8-11,13-16,19,26,35H,6-7,12,17-18H2,1-5H3. The van der Waals surface area contributed by atoms with Crippen LogP contribution < -0.4 is 9.47 Å². The first-order valence-electron chi connectivity index (χ1n) is 13.2. The van der Waals surface area contributed by atoms with Gasteiger partial charge >= 0.3 is 0 Å². The Morgan fingerprint density at radius 1 is 1.03 bits per heavy atom. The van der Waals surface area contributed by atoms with E-state index in [0.717, 1.165) is 25.3 Å². The minimum Gasteiger partial charge on any atom is -0.507 e. The summed E-state index contributed by atoms with van der Waals surface area (Å²) in [5.74, 6) is -0.787. The Labute approximate surface area is 229 Å². The molecule has 0 spiro atoms. The van der Waals surface area contributed by atoms with Crippen molar-refractivity contribution < 1.29 is 24.2 Å². The summed E-state index contributed by atoms with van der Waals surface area (Å²) in [5, 5.41) is 16.1. The van der Waals surface area contributed by atoms with E-state index in [1.165, 1.54) is 25.3 Å². The molecular weight excluding hydrogens is 496 g/mol. The molecule has 3 aromatic rings. The molecule has 1 atom stereocenters. The number of hydrogen-bond acceptors (Lipinski definition) is 7. The first-order chi connectivity index (χ1) is 18.9. The van der Waals surface area contributed by atoms with Gasteiger partial charge in [-0.1, -0.05) is 44.2 Å². The van der Waals surface area contributed by atoms with Gasteiger partial charge < -0.3 is 24.4 Å². The van der Waals surface area contributed by atoms with E-state index in [1.54, 1.807) is 22.9 Å². The Balaban J connectivity index is 1.84. The summed E-state index contributed by atoms with van der Waals surface area (Å²) in [6.07, 6.45) is 2.19. The molecule has 1 amide bonds. The molecule has 0 saturated carbocycles. The minimum atomic E-state index is -0.855. The zero-order valence-electron chi connectivity index (χ0n) is 23.2. The van der Waals surface area contributed by atoms with Crippen molar-refractivity contribution in [1.29, 1.82) is 0 Å². The average Bonchev–Trinajstić information content (AvgIpc) is 3.47. The molecule has 0 aliphatic carbocycles. The highest BCUT2D eigenvalue weighted by atomic mass is 16.5. The van der Waals surface area contributed by atoms with Crippen molar-refractivity contribution in [2.75, 3.05) is 40.4 Å². The Morgan fingerprint density at radius 2 is 1.74 bits per heavy atom. The largest absolute Gasteiger partial charge is 0.507 e. The van der Waals surface area contributed by atoms with Crippen molar-refractivity contribution in [2.45, 2.75) is 33.2 Å². The number of nitrogens with zero attached hydrogens (tertiary/aromatic N) is 4. The monoisotopic (exact) mass is 532 g/mol. The van der Waals surface area contributed by atoms with E-state index < -0.39 is 17.7 Å². The average molecular weight is 533 g/mol. The topological polar surface area (TPSA) is 97.1 Å². The summed E-state index contributed by atoms with van der Waals surface area (Å²) in [5.41, 5.74) is 2.41. The zero-order valence-corrected chi connectivity index (χ0v) is 23.2. The van der Waals surface area contributed by atoms with Crippen LogP contribution in [0.25, 0.3) is 11.4 Å². The molecule has 9 heteroatoms. The van der Waals surface area contributed by atoms with Gasteiger partial charge in [0.05, 0.1) is 49.0 Å². The van der Waals surface area contributed by atoms with Gasteiger partial charge in [0, 0.05) is 12.1 Å². The number of amides is 1. The van der Waals surface area contributed by atoms with Crippen molar-refractivity contribution in [1.82, 2.24) is 19.6 Å². The molecule has 1 aromatic heterocycles. The summed E-state index contributed by atoms with van der Waals surface area (Å²) < 4.78 is 12.9. The molecule has 1 saturated heterocycles. The van der Waals surface area contributed by atoms with Crippen LogP contribution in [-0.4, -0.2) is 76.8 Å². The molecule has 1 aliphatic rings. The smallest absolute Gasteiger partial charge is 0.295 e. The molecule has 9 nitrogen and oxygen atoms in total. The highest BCUT2D eigenvalue weighted by Crippen LogP contribution is 2.45. The molecule has 4 rings (SSSR count). The molecule has 2 aromatic carbocycles. The number of benzene rings is 2. The van der Waals surface area contributed by atoms with Crippen LogP contribution in [-0.2, 0) is 9.59 Å². The molecule has 39 heavy (non-hydrogen) atoms. The molecular formula is C30H36N4O5. The van der Waals surface area contributed by atoms with Gasteiger partial charge in [0.2, 0.25) is 0 Å². The number of aliphatic hydroxyl groups is 1. The Morgan fingerprint density at radius 3 is 2.38 bits per heavy atom. The lowest BCUT2D eigenvalue weighted by atomic mass is 9.94. The third-order valence-corrected chi connectivity index (χ3v) is 7.30. The minimum absolute atomic E-state index is 0.00473. The number of ketones is 1. The molecule has 0 bridgehead atoms. The van der Waals surface area contributed by atoms with Gasteiger partial charge in [-0.05, 0) is 51.2 Å². The van der Waals surface area contributed by atoms with Crippen molar-refractivity contribution in [2.24, 2.45) is 0 Å². The van der Waals surface area contributed by atoms with Crippen molar-refractivity contribution in [3.8, 4) is 17.2 Å². The highest BCUT2D eigenvalue weighted by molar-refractivity contribution is 6.46. The lowest BCUT2D eigenvalue weighted by molar-refractivity contribution is -0.140. The fraction of sp³-hybridized carbons (Fsp3) is 0.367. The summed E-state index contributed by atoms with van der Waals surface area (Å²) in [6, 6.07) is 14.0. The van der Waals surface area contributed by atoms with E-state index in [0.29, 0.717) is 41.3 Å². The Bertz CT molecular complexity index is 1360. The van der Waals surface area contributed by atoms with Crippen molar-refractivity contribution in [3.63, 3.8) is 0 Å². The number of carbonyl (C=O) groups is 2. The number of rotatable bonds is 11. The number of aromatic nitrogens is 2. The number of ether oxygens (including phenoxy) is 2. The third-order valence-electron chi connectivity index (χ3n) is 7.30. The number of Topliss-reactive ketones (excluding diaryl/α,β-unsaturated/α-hetero) is 1. The number of carbonyl (C=O) groups excluding carboxylic acids is 2. The zero-order chi connectivity index (χ0) is 28.1. The van der Waals surface area contributed by atoms with Gasteiger partial charge in [-0.15, -0.1) is 0 Å². The van der Waals surface area contributed by atoms with Crippen LogP contribution in [0.3, 0.4) is 0 Å². The molecule has 2 heterocycles. The number of aliphatic hydroxyl groups excluding tert-OH is 1. The number of likely N-dealkylation sites (tertiary alicyclic amines) is 1. The van der Waals surface area contributed by atoms with E-state index in [1.807, 2.05) is 37.3 Å². The summed E-state index contributed by atoms with van der Waals surface area (Å²) in [6.45, 7) is 8.91. The highest BCUT2D eigenvalue weighted by Gasteiger charge is 2.47. The van der Waals surface area contributed by atoms with E-state index >= 15 is 0 Å². The summed E-state index contributed by atoms with van der Waals surface area (Å²) in [7, 11) is 3.05. The maximum Gasteiger partial charge on any atom is 0.295 e. The van der Waals surface area contributed by atoms with E-state index in [2.05, 4.69) is 23.8 Å².